The van der Waals surface area contributed by atoms with E-state index in [9.17, 15) is 14.7 Å². The Morgan fingerprint density at radius 2 is 1.86 bits per heavy atom. The number of benzene rings is 1. The number of carboxylic acid groups (broad SMARTS) is 1. The van der Waals surface area contributed by atoms with Gasteiger partial charge in [0.25, 0.3) is 0 Å². The van der Waals surface area contributed by atoms with Crippen LogP contribution in [0.1, 0.15) is 63.3 Å². The smallest absolute Gasteiger partial charge is 0.308 e. The number of amides is 1. The number of carboxylic acids is 1. The summed E-state index contributed by atoms with van der Waals surface area (Å²) in [7, 11) is 1.95. The Kier molecular flexibility index (Phi) is 9.08. The third-order valence-electron chi connectivity index (χ3n) is 7.70. The molecule has 37 heavy (non-hydrogen) atoms. The molecule has 1 saturated heterocycles. The average molecular weight is 513 g/mol. The maximum Gasteiger partial charge on any atom is 0.308 e. The molecule has 2 aliphatic heterocycles. The molecule has 9 heteroatoms. The minimum Gasteiger partial charge on any atom is -0.481 e. The van der Waals surface area contributed by atoms with Crippen LogP contribution in [-0.2, 0) is 23.1 Å². The summed E-state index contributed by atoms with van der Waals surface area (Å²) in [5, 5.41) is 10.4. The van der Waals surface area contributed by atoms with Crippen LogP contribution in [0.3, 0.4) is 0 Å². The Hall–Kier alpha value is -3.07. The second-order valence-corrected chi connectivity index (χ2v) is 10.2. The third kappa shape index (κ3) is 6.26. The van der Waals surface area contributed by atoms with E-state index >= 15 is 0 Å². The molecule has 9 nitrogen and oxygen atoms in total. The molecular weight excluding hydrogens is 472 g/mol. The van der Waals surface area contributed by atoms with Crippen LogP contribution in [0.2, 0.25) is 0 Å². The van der Waals surface area contributed by atoms with Crippen LogP contribution < -0.4 is 9.47 Å². The molecule has 3 atom stereocenters. The van der Waals surface area contributed by atoms with Crippen molar-refractivity contribution in [2.75, 3.05) is 33.0 Å². The van der Waals surface area contributed by atoms with Gasteiger partial charge in [-0.05, 0) is 37.0 Å². The lowest BCUT2D eigenvalue weighted by molar-refractivity contribution is -0.143. The Morgan fingerprint density at radius 1 is 1.14 bits per heavy atom. The van der Waals surface area contributed by atoms with Gasteiger partial charge in [0.2, 0.25) is 12.7 Å². The van der Waals surface area contributed by atoms with Crippen molar-refractivity contribution in [1.29, 1.82) is 0 Å². The number of likely N-dealkylation sites (tertiary alicyclic amines) is 1. The molecule has 0 bridgehead atoms. The lowest BCUT2D eigenvalue weighted by Gasteiger charge is -2.29. The maximum absolute atomic E-state index is 13.5. The Bertz CT molecular complexity index is 1060. The molecule has 1 aromatic carbocycles. The molecule has 1 N–H and O–H groups in total. The van der Waals surface area contributed by atoms with Gasteiger partial charge >= 0.3 is 5.97 Å². The van der Waals surface area contributed by atoms with Crippen LogP contribution in [0.4, 0.5) is 0 Å². The van der Waals surface area contributed by atoms with E-state index in [2.05, 4.69) is 23.7 Å². The number of ether oxygens (including phenoxy) is 2. The van der Waals surface area contributed by atoms with E-state index in [-0.39, 0.29) is 31.2 Å². The standard InChI is InChI=1S/C28H40N4O5/c1-4-6-13-31(14-7-5-2)26(33)18-32-17-21(20-8-10-23-24(16-20)37-19-36-23)27(28(34)35)22(32)9-11-25-29-12-15-30(25)3/h8,10,12,15-16,21-22,27H,4-7,9,11,13-14,17-19H2,1-3H3,(H,34,35)/t21-,22+,27?/m1/s1. The van der Waals surface area contributed by atoms with Crippen LogP contribution in [0.25, 0.3) is 0 Å². The zero-order valence-electron chi connectivity index (χ0n) is 22.3. The van der Waals surface area contributed by atoms with Gasteiger partial charge < -0.3 is 24.0 Å². The first-order valence-corrected chi connectivity index (χ1v) is 13.5. The topological polar surface area (TPSA) is 97.1 Å². The van der Waals surface area contributed by atoms with Gasteiger partial charge in [-0.3, -0.25) is 14.5 Å². The van der Waals surface area contributed by atoms with Gasteiger partial charge in [0, 0.05) is 57.5 Å². The van der Waals surface area contributed by atoms with Gasteiger partial charge in [-0.15, -0.1) is 0 Å². The molecule has 2 aromatic rings. The Labute approximate surface area is 219 Å². The van der Waals surface area contributed by atoms with Gasteiger partial charge in [-0.25, -0.2) is 4.98 Å². The lowest BCUT2D eigenvalue weighted by Crippen LogP contribution is -2.45. The number of unbranched alkanes of at least 4 members (excludes halogenated alkanes) is 2. The number of imidazole rings is 1. The number of aliphatic carboxylic acids is 1. The summed E-state index contributed by atoms with van der Waals surface area (Å²) in [6, 6.07) is 5.40. The highest BCUT2D eigenvalue weighted by Crippen LogP contribution is 2.43. The number of aromatic nitrogens is 2. The van der Waals surface area contributed by atoms with Crippen LogP contribution >= 0.6 is 0 Å². The molecule has 1 amide bonds. The molecule has 1 unspecified atom stereocenters. The molecule has 0 aliphatic carbocycles. The molecule has 2 aliphatic rings. The first-order chi connectivity index (χ1) is 17.9. The van der Waals surface area contributed by atoms with E-state index in [0.717, 1.165) is 50.2 Å². The molecule has 0 spiro atoms. The van der Waals surface area contributed by atoms with Crippen molar-refractivity contribution in [2.45, 2.75) is 64.3 Å². The number of hydrogen-bond donors (Lipinski definition) is 1. The number of carbonyl (C=O) groups excluding carboxylic acids is 1. The highest BCUT2D eigenvalue weighted by Gasteiger charge is 2.47. The zero-order chi connectivity index (χ0) is 26.4. The highest BCUT2D eigenvalue weighted by atomic mass is 16.7. The van der Waals surface area contributed by atoms with E-state index in [0.29, 0.717) is 30.9 Å². The van der Waals surface area contributed by atoms with Crippen LogP contribution in [0.5, 0.6) is 11.5 Å². The van der Waals surface area contributed by atoms with Crippen molar-refractivity contribution in [1.82, 2.24) is 19.4 Å². The minimum absolute atomic E-state index is 0.0827. The fourth-order valence-electron chi connectivity index (χ4n) is 5.58. The van der Waals surface area contributed by atoms with Gasteiger partial charge in [-0.2, -0.15) is 0 Å². The molecular formula is C28H40N4O5. The number of aryl methyl sites for hydroxylation is 2. The van der Waals surface area contributed by atoms with Crippen LogP contribution in [-0.4, -0.2) is 75.3 Å². The van der Waals surface area contributed by atoms with Crippen molar-refractivity contribution in [3.63, 3.8) is 0 Å². The summed E-state index contributed by atoms with van der Waals surface area (Å²) in [4.78, 5) is 34.7. The summed E-state index contributed by atoms with van der Waals surface area (Å²) in [6.45, 7) is 6.65. The van der Waals surface area contributed by atoms with E-state index < -0.39 is 11.9 Å². The van der Waals surface area contributed by atoms with Crippen molar-refractivity contribution in [3.05, 3.63) is 42.0 Å². The monoisotopic (exact) mass is 512 g/mol. The molecule has 1 aromatic heterocycles. The second-order valence-electron chi connectivity index (χ2n) is 10.2. The largest absolute Gasteiger partial charge is 0.481 e. The van der Waals surface area contributed by atoms with Crippen LogP contribution in [0, 0.1) is 5.92 Å². The average Bonchev–Trinajstić information content (AvgIpc) is 3.60. The minimum atomic E-state index is -0.837. The summed E-state index contributed by atoms with van der Waals surface area (Å²) < 4.78 is 13.0. The summed E-state index contributed by atoms with van der Waals surface area (Å²) in [5.41, 5.74) is 0.905. The molecule has 3 heterocycles. The summed E-state index contributed by atoms with van der Waals surface area (Å²) >= 11 is 0. The predicted molar refractivity (Wildman–Crippen MR) is 140 cm³/mol. The number of nitrogens with zero attached hydrogens (tertiary/aromatic N) is 4. The highest BCUT2D eigenvalue weighted by molar-refractivity contribution is 5.79. The molecule has 0 saturated carbocycles. The number of hydrogen-bond acceptors (Lipinski definition) is 6. The van der Waals surface area contributed by atoms with E-state index in [1.165, 1.54) is 0 Å². The number of carbonyl (C=O) groups is 2. The van der Waals surface area contributed by atoms with Gasteiger partial charge in [0.1, 0.15) is 5.82 Å². The quantitative estimate of drug-likeness (QED) is 0.437. The predicted octanol–water partition coefficient (Wildman–Crippen LogP) is 3.68. The lowest BCUT2D eigenvalue weighted by atomic mass is 9.83. The van der Waals surface area contributed by atoms with Crippen LogP contribution in [0.15, 0.2) is 30.6 Å². The summed E-state index contributed by atoms with van der Waals surface area (Å²) in [5.74, 6) is 0.574. The number of rotatable bonds is 13. The molecule has 1 fully saturated rings. The van der Waals surface area contributed by atoms with Gasteiger partial charge in [0.15, 0.2) is 11.5 Å². The Balaban J connectivity index is 1.59. The number of fused-ring (bicyclic) bond motifs is 1. The molecule has 0 radical (unpaired) electrons. The maximum atomic E-state index is 13.5. The third-order valence-corrected chi connectivity index (χ3v) is 7.70. The van der Waals surface area contributed by atoms with Gasteiger partial charge in [-0.1, -0.05) is 32.8 Å². The zero-order valence-corrected chi connectivity index (χ0v) is 22.3. The van der Waals surface area contributed by atoms with E-state index in [1.807, 2.05) is 40.9 Å². The molecule has 4 rings (SSSR count). The van der Waals surface area contributed by atoms with Crippen molar-refractivity contribution < 1.29 is 24.2 Å². The van der Waals surface area contributed by atoms with Crippen molar-refractivity contribution >= 4 is 11.9 Å². The first kappa shape index (κ1) is 27.0. The van der Waals surface area contributed by atoms with E-state index in [4.69, 9.17) is 9.47 Å². The summed E-state index contributed by atoms with van der Waals surface area (Å²) in [6.07, 6.45) is 8.90. The normalized spacial score (nSPS) is 20.9. The first-order valence-electron chi connectivity index (χ1n) is 13.5. The van der Waals surface area contributed by atoms with Crippen molar-refractivity contribution in [2.24, 2.45) is 13.0 Å². The van der Waals surface area contributed by atoms with Crippen molar-refractivity contribution in [3.8, 4) is 11.5 Å². The fraction of sp³-hybridized carbons (Fsp3) is 0.607. The Morgan fingerprint density at radius 3 is 2.51 bits per heavy atom. The SMILES string of the molecule is CCCCN(CCCC)C(=O)CN1C[C@H](c2ccc3c(c2)OCO3)C(C(=O)O)[C@@H]1CCc1nccn1C. The van der Waals surface area contributed by atoms with E-state index in [1.54, 1.807) is 6.20 Å². The second kappa shape index (κ2) is 12.4. The fourth-order valence-corrected chi connectivity index (χ4v) is 5.58. The van der Waals surface area contributed by atoms with Gasteiger partial charge in [0.05, 0.1) is 12.5 Å². The molecule has 202 valence electrons.